The molecule has 1 aliphatic rings. The average Bonchev–Trinajstić information content (AvgIpc) is 3.25. The molecule has 1 aromatic heterocycles. The monoisotopic (exact) mass is 344 g/mol. The van der Waals surface area contributed by atoms with Crippen molar-refractivity contribution in [2.24, 2.45) is 0 Å². The predicted octanol–water partition coefficient (Wildman–Crippen LogP) is 3.74. The maximum atomic E-state index is 11.9. The van der Waals surface area contributed by atoms with Crippen molar-refractivity contribution in [3.8, 4) is 10.6 Å². The lowest BCUT2D eigenvalue weighted by molar-refractivity contribution is -0.121. The second-order valence-electron chi connectivity index (χ2n) is 6.28. The maximum absolute atomic E-state index is 11.9. The topological polar surface area (TPSA) is 51.2 Å². The molecule has 0 spiro atoms. The first-order valence-corrected chi connectivity index (χ1v) is 9.48. The van der Waals surface area contributed by atoms with Gasteiger partial charge in [-0.3, -0.25) is 4.79 Å². The van der Waals surface area contributed by atoms with Crippen molar-refractivity contribution in [1.29, 1.82) is 0 Å². The highest BCUT2D eigenvalue weighted by molar-refractivity contribution is 7.13. The van der Waals surface area contributed by atoms with E-state index in [1.807, 2.05) is 0 Å². The number of rotatable bonds is 7. The van der Waals surface area contributed by atoms with Gasteiger partial charge in [0.05, 0.1) is 11.8 Å². The van der Waals surface area contributed by atoms with Crippen molar-refractivity contribution in [2.45, 2.75) is 45.1 Å². The van der Waals surface area contributed by atoms with Crippen LogP contribution in [0.5, 0.6) is 0 Å². The van der Waals surface area contributed by atoms with Gasteiger partial charge in [0, 0.05) is 36.9 Å². The Morgan fingerprint density at radius 1 is 1.38 bits per heavy atom. The lowest BCUT2D eigenvalue weighted by Gasteiger charge is -2.08. The Morgan fingerprint density at radius 2 is 2.21 bits per heavy atom. The molecule has 1 N–H and O–H groups in total. The Balaban J connectivity index is 1.40. The molecule has 4 nitrogen and oxygen atoms in total. The van der Waals surface area contributed by atoms with Crippen LogP contribution < -0.4 is 5.32 Å². The second-order valence-corrected chi connectivity index (χ2v) is 7.14. The van der Waals surface area contributed by atoms with E-state index in [1.165, 1.54) is 5.56 Å². The summed E-state index contributed by atoms with van der Waals surface area (Å²) in [6, 6.07) is 8.41. The predicted molar refractivity (Wildman–Crippen MR) is 97.2 cm³/mol. The van der Waals surface area contributed by atoms with E-state index in [2.05, 4.69) is 46.9 Å². The van der Waals surface area contributed by atoms with Gasteiger partial charge >= 0.3 is 0 Å². The van der Waals surface area contributed by atoms with Crippen LogP contribution >= 0.6 is 11.3 Å². The fourth-order valence-corrected chi connectivity index (χ4v) is 3.69. The summed E-state index contributed by atoms with van der Waals surface area (Å²) in [5, 5.41) is 6.10. The minimum atomic E-state index is 0.111. The number of hydrogen-bond donors (Lipinski definition) is 1. The summed E-state index contributed by atoms with van der Waals surface area (Å²) in [4.78, 5) is 16.5. The summed E-state index contributed by atoms with van der Waals surface area (Å²) in [6.07, 6.45) is 4.66. The van der Waals surface area contributed by atoms with E-state index in [9.17, 15) is 4.79 Å². The molecule has 1 atom stereocenters. The Hall–Kier alpha value is -1.72. The fourth-order valence-electron chi connectivity index (χ4n) is 2.83. The number of ether oxygens (including phenoxy) is 1. The Bertz CT molecular complexity index is 660. The van der Waals surface area contributed by atoms with Crippen LogP contribution in [0.15, 0.2) is 29.6 Å². The summed E-state index contributed by atoms with van der Waals surface area (Å²) in [5.41, 5.74) is 3.44. The van der Waals surface area contributed by atoms with Gasteiger partial charge in [-0.1, -0.05) is 29.8 Å². The number of aromatic nitrogens is 1. The molecule has 2 heterocycles. The summed E-state index contributed by atoms with van der Waals surface area (Å²) in [7, 11) is 0. The van der Waals surface area contributed by atoms with Gasteiger partial charge in [0.25, 0.3) is 0 Å². The van der Waals surface area contributed by atoms with Crippen LogP contribution in [0.1, 0.15) is 36.9 Å². The van der Waals surface area contributed by atoms with Crippen molar-refractivity contribution in [3.63, 3.8) is 0 Å². The Morgan fingerprint density at radius 3 is 2.96 bits per heavy atom. The number of aryl methyl sites for hydroxylation is 1. The molecule has 2 aromatic rings. The van der Waals surface area contributed by atoms with Gasteiger partial charge in [0.15, 0.2) is 0 Å². The van der Waals surface area contributed by atoms with Gasteiger partial charge in [0.1, 0.15) is 5.01 Å². The van der Waals surface area contributed by atoms with Crippen LogP contribution in [0.25, 0.3) is 10.6 Å². The fraction of sp³-hybridized carbons (Fsp3) is 0.474. The molecule has 0 aliphatic carbocycles. The highest BCUT2D eigenvalue weighted by atomic mass is 32.1. The number of nitrogens with zero attached hydrogens (tertiary/aromatic N) is 1. The lowest BCUT2D eigenvalue weighted by atomic mass is 10.1. The molecule has 1 fully saturated rings. The van der Waals surface area contributed by atoms with E-state index < -0.39 is 0 Å². The number of amides is 1. The van der Waals surface area contributed by atoms with Crippen LogP contribution in [0, 0.1) is 6.92 Å². The van der Waals surface area contributed by atoms with Crippen LogP contribution in [0.3, 0.4) is 0 Å². The summed E-state index contributed by atoms with van der Waals surface area (Å²) in [5.74, 6) is 0.111. The number of carbonyl (C=O) groups excluding carboxylic acids is 1. The van der Waals surface area contributed by atoms with E-state index >= 15 is 0 Å². The number of hydrogen-bond acceptors (Lipinski definition) is 4. The first-order valence-electron chi connectivity index (χ1n) is 8.60. The van der Waals surface area contributed by atoms with Gasteiger partial charge in [-0.05, 0) is 26.2 Å². The molecule has 0 radical (unpaired) electrons. The van der Waals surface area contributed by atoms with Gasteiger partial charge in [-0.25, -0.2) is 4.98 Å². The highest BCUT2D eigenvalue weighted by Gasteiger charge is 2.16. The quantitative estimate of drug-likeness (QED) is 0.832. The van der Waals surface area contributed by atoms with Crippen LogP contribution in [-0.2, 0) is 16.0 Å². The third-order valence-electron chi connectivity index (χ3n) is 4.27. The summed E-state index contributed by atoms with van der Waals surface area (Å²) in [6.45, 7) is 3.57. The van der Waals surface area contributed by atoms with Crippen LogP contribution in [-0.4, -0.2) is 30.1 Å². The second kappa shape index (κ2) is 8.40. The van der Waals surface area contributed by atoms with Crippen LogP contribution in [0.2, 0.25) is 0 Å². The van der Waals surface area contributed by atoms with Gasteiger partial charge in [0.2, 0.25) is 5.91 Å². The van der Waals surface area contributed by atoms with Crippen molar-refractivity contribution >= 4 is 17.2 Å². The normalized spacial score (nSPS) is 17.1. The minimum absolute atomic E-state index is 0.111. The minimum Gasteiger partial charge on any atom is -0.378 e. The van der Waals surface area contributed by atoms with E-state index in [-0.39, 0.29) is 12.0 Å². The van der Waals surface area contributed by atoms with Gasteiger partial charge in [-0.2, -0.15) is 0 Å². The Kier molecular flexibility index (Phi) is 5.99. The smallest absolute Gasteiger partial charge is 0.220 e. The molecule has 0 saturated carbocycles. The largest absolute Gasteiger partial charge is 0.378 e. The molecule has 1 aromatic carbocycles. The molecule has 24 heavy (non-hydrogen) atoms. The molecule has 1 unspecified atom stereocenters. The lowest BCUT2D eigenvalue weighted by Crippen LogP contribution is -2.26. The van der Waals surface area contributed by atoms with Gasteiger partial charge in [-0.15, -0.1) is 11.3 Å². The first kappa shape index (κ1) is 17.1. The third-order valence-corrected chi connectivity index (χ3v) is 5.21. The van der Waals surface area contributed by atoms with Crippen molar-refractivity contribution < 1.29 is 9.53 Å². The van der Waals surface area contributed by atoms with Crippen molar-refractivity contribution in [3.05, 3.63) is 40.9 Å². The molecular weight excluding hydrogens is 320 g/mol. The third kappa shape index (κ3) is 4.89. The summed E-state index contributed by atoms with van der Waals surface area (Å²) < 4.78 is 5.54. The zero-order chi connectivity index (χ0) is 16.8. The van der Waals surface area contributed by atoms with Gasteiger partial charge < -0.3 is 10.1 Å². The average molecular weight is 344 g/mol. The molecule has 128 valence electrons. The molecule has 5 heteroatoms. The van der Waals surface area contributed by atoms with E-state index in [0.717, 1.165) is 48.6 Å². The number of carbonyl (C=O) groups is 1. The van der Waals surface area contributed by atoms with E-state index in [4.69, 9.17) is 4.74 Å². The SMILES string of the molecule is Cc1ccc(-c2nc(CCNC(=O)CCC3CCCO3)cs2)cc1. The van der Waals surface area contributed by atoms with E-state index in [0.29, 0.717) is 13.0 Å². The zero-order valence-corrected chi connectivity index (χ0v) is 14.9. The molecule has 3 rings (SSSR count). The molecular formula is C19H24N2O2S. The first-order chi connectivity index (χ1) is 11.7. The number of benzene rings is 1. The standard InChI is InChI=1S/C19H24N2O2S/c1-14-4-6-15(7-5-14)19-21-16(13-24-19)10-11-20-18(22)9-8-17-3-2-12-23-17/h4-7,13,17H,2-3,8-12H2,1H3,(H,20,22). The molecule has 0 bridgehead atoms. The zero-order valence-electron chi connectivity index (χ0n) is 14.1. The van der Waals surface area contributed by atoms with Crippen molar-refractivity contribution in [1.82, 2.24) is 10.3 Å². The molecule has 1 saturated heterocycles. The maximum Gasteiger partial charge on any atom is 0.220 e. The Labute approximate surface area is 147 Å². The van der Waals surface area contributed by atoms with Crippen LogP contribution in [0.4, 0.5) is 0 Å². The number of nitrogens with one attached hydrogen (secondary N) is 1. The highest BCUT2D eigenvalue weighted by Crippen LogP contribution is 2.24. The number of thiazole rings is 1. The molecule has 1 aliphatic heterocycles. The van der Waals surface area contributed by atoms with E-state index in [1.54, 1.807) is 11.3 Å². The summed E-state index contributed by atoms with van der Waals surface area (Å²) >= 11 is 1.65. The molecule has 1 amide bonds. The van der Waals surface area contributed by atoms with Crippen molar-refractivity contribution in [2.75, 3.05) is 13.2 Å².